The lowest BCUT2D eigenvalue weighted by Crippen LogP contribution is -2.29. The molecule has 2 aliphatic heterocycles. The molecule has 0 saturated carbocycles. The van der Waals surface area contributed by atoms with Gasteiger partial charge in [-0.1, -0.05) is 0 Å². The molecule has 5 rings (SSSR count). The maximum Gasteiger partial charge on any atom is 0.296 e. The van der Waals surface area contributed by atoms with E-state index in [1.54, 1.807) is 61.8 Å². The number of aliphatic hydroxyl groups excluding tert-OH is 1. The smallest absolute Gasteiger partial charge is 0.296 e. The molecule has 3 aromatic rings. The summed E-state index contributed by atoms with van der Waals surface area (Å²) in [6.07, 6.45) is 3.99. The molecule has 1 unspecified atom stereocenters. The molecule has 2 aromatic heterocycles. The average Bonchev–Trinajstić information content (AvgIpc) is 3.48. The number of carbonyl (C=O) groups is 2. The summed E-state index contributed by atoms with van der Waals surface area (Å²) in [5.41, 5.74) is 2.27. The number of ketones is 1. The SMILES string of the molecule is Cc1ccc(C2/C(=C(/O)c3ccc4c(c3)CCO4)C(=O)C(=O)N2Cc2ccncc2)o1. The summed E-state index contributed by atoms with van der Waals surface area (Å²) < 4.78 is 11.3. The van der Waals surface area contributed by atoms with E-state index in [1.807, 2.05) is 0 Å². The second kappa shape index (κ2) is 7.43. The summed E-state index contributed by atoms with van der Waals surface area (Å²) in [5.74, 6) is 0.220. The van der Waals surface area contributed by atoms with Crippen molar-refractivity contribution in [2.75, 3.05) is 6.61 Å². The number of furan rings is 1. The highest BCUT2D eigenvalue weighted by molar-refractivity contribution is 6.46. The molecule has 1 saturated heterocycles. The minimum Gasteiger partial charge on any atom is -0.507 e. The van der Waals surface area contributed by atoms with Crippen LogP contribution in [0, 0.1) is 6.92 Å². The molecule has 1 amide bonds. The number of carbonyl (C=O) groups excluding carboxylic acids is 2. The molecule has 31 heavy (non-hydrogen) atoms. The number of nitrogens with zero attached hydrogens (tertiary/aromatic N) is 2. The van der Waals surface area contributed by atoms with E-state index < -0.39 is 17.7 Å². The topological polar surface area (TPSA) is 92.9 Å². The quantitative estimate of drug-likeness (QED) is 0.397. The van der Waals surface area contributed by atoms with Gasteiger partial charge in [0.25, 0.3) is 11.7 Å². The van der Waals surface area contributed by atoms with Crippen molar-refractivity contribution in [2.45, 2.75) is 25.9 Å². The second-order valence-electron chi connectivity index (χ2n) is 7.65. The Labute approximate surface area is 178 Å². The average molecular weight is 416 g/mol. The lowest BCUT2D eigenvalue weighted by Gasteiger charge is -2.23. The Kier molecular flexibility index (Phi) is 4.58. The van der Waals surface area contributed by atoms with Gasteiger partial charge in [-0.15, -0.1) is 0 Å². The van der Waals surface area contributed by atoms with Crippen molar-refractivity contribution >= 4 is 17.4 Å². The molecule has 1 fully saturated rings. The van der Waals surface area contributed by atoms with Crippen LogP contribution in [-0.4, -0.2) is 33.3 Å². The van der Waals surface area contributed by atoms with Gasteiger partial charge >= 0.3 is 0 Å². The lowest BCUT2D eigenvalue weighted by molar-refractivity contribution is -0.140. The molecule has 4 heterocycles. The van der Waals surface area contributed by atoms with E-state index in [0.717, 1.165) is 23.3 Å². The molecule has 2 aliphatic rings. The fraction of sp³-hybridized carbons (Fsp3) is 0.208. The van der Waals surface area contributed by atoms with Crippen LogP contribution in [0.1, 0.15) is 34.3 Å². The van der Waals surface area contributed by atoms with Crippen LogP contribution in [0.5, 0.6) is 5.75 Å². The number of ether oxygens (including phenoxy) is 1. The van der Waals surface area contributed by atoms with Gasteiger partial charge in [-0.05, 0) is 60.5 Å². The predicted molar refractivity (Wildman–Crippen MR) is 111 cm³/mol. The molecular formula is C24H20N2O5. The number of aryl methyl sites for hydroxylation is 1. The van der Waals surface area contributed by atoms with E-state index in [9.17, 15) is 14.7 Å². The van der Waals surface area contributed by atoms with Crippen LogP contribution in [0.25, 0.3) is 5.76 Å². The van der Waals surface area contributed by atoms with Crippen molar-refractivity contribution in [3.05, 3.63) is 88.6 Å². The molecule has 1 aromatic carbocycles. The molecule has 156 valence electrons. The fourth-order valence-electron chi connectivity index (χ4n) is 4.11. The predicted octanol–water partition coefficient (Wildman–Crippen LogP) is 3.54. The Morgan fingerprint density at radius 1 is 1.16 bits per heavy atom. The van der Waals surface area contributed by atoms with Gasteiger partial charge in [0, 0.05) is 30.9 Å². The summed E-state index contributed by atoms with van der Waals surface area (Å²) in [5, 5.41) is 11.1. The van der Waals surface area contributed by atoms with Crippen LogP contribution < -0.4 is 4.74 Å². The highest BCUT2D eigenvalue weighted by atomic mass is 16.5. The minimum absolute atomic E-state index is 0.0206. The van der Waals surface area contributed by atoms with Crippen molar-refractivity contribution in [2.24, 2.45) is 0 Å². The van der Waals surface area contributed by atoms with Gasteiger partial charge in [-0.25, -0.2) is 0 Å². The molecule has 0 aliphatic carbocycles. The van der Waals surface area contributed by atoms with E-state index in [2.05, 4.69) is 4.98 Å². The number of Topliss-reactive ketones (excluding diaryl/α,β-unsaturated/α-hetero) is 1. The van der Waals surface area contributed by atoms with Crippen LogP contribution in [0.3, 0.4) is 0 Å². The summed E-state index contributed by atoms with van der Waals surface area (Å²) in [6.45, 7) is 2.56. The number of likely N-dealkylation sites (tertiary alicyclic amines) is 1. The first kappa shape index (κ1) is 19.1. The molecule has 0 radical (unpaired) electrons. The first-order valence-corrected chi connectivity index (χ1v) is 10.0. The van der Waals surface area contributed by atoms with Crippen LogP contribution in [0.15, 0.2) is 64.8 Å². The van der Waals surface area contributed by atoms with E-state index in [1.165, 1.54) is 4.90 Å². The number of rotatable bonds is 4. The number of fused-ring (bicyclic) bond motifs is 1. The van der Waals surface area contributed by atoms with Crippen molar-refractivity contribution in [3.8, 4) is 5.75 Å². The Hall–Kier alpha value is -3.87. The monoisotopic (exact) mass is 416 g/mol. The van der Waals surface area contributed by atoms with E-state index >= 15 is 0 Å². The number of benzene rings is 1. The minimum atomic E-state index is -0.827. The first-order valence-electron chi connectivity index (χ1n) is 10.0. The Morgan fingerprint density at radius 2 is 1.97 bits per heavy atom. The van der Waals surface area contributed by atoms with Gasteiger partial charge in [-0.3, -0.25) is 14.6 Å². The van der Waals surface area contributed by atoms with E-state index in [-0.39, 0.29) is 17.9 Å². The number of pyridine rings is 1. The Bertz CT molecular complexity index is 1210. The van der Waals surface area contributed by atoms with Gasteiger partial charge in [0.1, 0.15) is 29.1 Å². The number of aromatic nitrogens is 1. The third kappa shape index (κ3) is 3.28. The highest BCUT2D eigenvalue weighted by Gasteiger charge is 2.47. The summed E-state index contributed by atoms with van der Waals surface area (Å²) in [4.78, 5) is 31.5. The number of hydrogen-bond acceptors (Lipinski definition) is 6. The molecule has 1 N–H and O–H groups in total. The normalized spacial score (nSPS) is 19.5. The molecule has 7 heteroatoms. The zero-order valence-corrected chi connectivity index (χ0v) is 16.9. The third-order valence-corrected chi connectivity index (χ3v) is 5.64. The van der Waals surface area contributed by atoms with Gasteiger partial charge in [0.05, 0.1) is 12.2 Å². The Balaban J connectivity index is 1.63. The summed E-state index contributed by atoms with van der Waals surface area (Å²) in [7, 11) is 0. The van der Waals surface area contributed by atoms with Gasteiger partial charge in [0.15, 0.2) is 0 Å². The van der Waals surface area contributed by atoms with Gasteiger partial charge in [-0.2, -0.15) is 0 Å². The third-order valence-electron chi connectivity index (χ3n) is 5.64. The molecule has 7 nitrogen and oxygen atoms in total. The number of aliphatic hydroxyl groups is 1. The second-order valence-corrected chi connectivity index (χ2v) is 7.65. The molecule has 0 bridgehead atoms. The molecule has 0 spiro atoms. The van der Waals surface area contributed by atoms with Crippen molar-refractivity contribution in [1.82, 2.24) is 9.88 Å². The number of amides is 1. The highest BCUT2D eigenvalue weighted by Crippen LogP contribution is 2.41. The number of hydrogen-bond donors (Lipinski definition) is 1. The first-order chi connectivity index (χ1) is 15.0. The van der Waals surface area contributed by atoms with Crippen molar-refractivity contribution in [1.29, 1.82) is 0 Å². The van der Waals surface area contributed by atoms with Crippen LogP contribution in [0.2, 0.25) is 0 Å². The Morgan fingerprint density at radius 3 is 2.71 bits per heavy atom. The zero-order valence-electron chi connectivity index (χ0n) is 16.9. The van der Waals surface area contributed by atoms with Crippen LogP contribution in [-0.2, 0) is 22.6 Å². The van der Waals surface area contributed by atoms with E-state index in [4.69, 9.17) is 9.15 Å². The summed E-state index contributed by atoms with van der Waals surface area (Å²) in [6, 6.07) is 11.5. The molecular weight excluding hydrogens is 396 g/mol. The maximum absolute atomic E-state index is 13.1. The maximum atomic E-state index is 13.1. The molecule has 1 atom stereocenters. The standard InChI is InChI=1S/C24H20N2O5/c1-14-2-4-19(31-14)21-20(22(27)17-3-5-18-16(12-17)8-11-30-18)23(28)24(29)26(21)13-15-6-9-25-10-7-15/h2-7,9-10,12,21,27H,8,11,13H2,1H3/b22-20-. The lowest BCUT2D eigenvalue weighted by atomic mass is 9.98. The van der Waals surface area contributed by atoms with Crippen molar-refractivity contribution in [3.63, 3.8) is 0 Å². The van der Waals surface area contributed by atoms with Crippen LogP contribution in [0.4, 0.5) is 0 Å². The fourth-order valence-corrected chi connectivity index (χ4v) is 4.11. The zero-order chi connectivity index (χ0) is 21.5. The largest absolute Gasteiger partial charge is 0.507 e. The van der Waals surface area contributed by atoms with E-state index in [0.29, 0.717) is 23.7 Å². The van der Waals surface area contributed by atoms with Crippen LogP contribution >= 0.6 is 0 Å². The van der Waals surface area contributed by atoms with Gasteiger partial charge < -0.3 is 19.2 Å². The van der Waals surface area contributed by atoms with Gasteiger partial charge in [0.2, 0.25) is 0 Å². The van der Waals surface area contributed by atoms with Crippen molar-refractivity contribution < 1.29 is 23.8 Å². The summed E-state index contributed by atoms with van der Waals surface area (Å²) >= 11 is 0.